The van der Waals surface area contributed by atoms with E-state index in [9.17, 15) is 19.4 Å². The molecular weight excluding hydrogens is 635 g/mol. The molecule has 0 heterocycles. The monoisotopic (exact) mass is 717 g/mol. The van der Waals surface area contributed by atoms with E-state index in [4.69, 9.17) is 14.8 Å². The van der Waals surface area contributed by atoms with E-state index in [0.717, 1.165) is 38.5 Å². The van der Waals surface area contributed by atoms with Gasteiger partial charge in [0.05, 0.1) is 25.4 Å². The lowest BCUT2D eigenvalue weighted by molar-refractivity contribution is -0.123. The molecule has 3 unspecified atom stereocenters. The standard InChI is InChI=1S/C40H81N2O6P/c1-3-5-7-9-11-12-13-14-15-16-17-18-19-20-21-22-23-24-25-26-28-30-32-34-40(44)42-38(37-48-49(45,46)47-36-35-41)39(43)33-31-29-27-10-8-6-4-2/h31,33,38-39,43H,3-30,32,34-37,41H2,1-2H3,(H,42,44)(H,45,46)/b33-31+. The number of amides is 1. The van der Waals surface area contributed by atoms with E-state index in [1.54, 1.807) is 6.08 Å². The summed E-state index contributed by atoms with van der Waals surface area (Å²) in [5, 5.41) is 13.5. The smallest absolute Gasteiger partial charge is 0.387 e. The van der Waals surface area contributed by atoms with Gasteiger partial charge >= 0.3 is 7.82 Å². The molecule has 292 valence electrons. The number of aliphatic hydroxyl groups excluding tert-OH is 1. The van der Waals surface area contributed by atoms with Crippen LogP contribution in [-0.4, -0.2) is 47.8 Å². The quantitative estimate of drug-likeness (QED) is 0.0283. The largest absolute Gasteiger partial charge is 0.472 e. The zero-order chi connectivity index (χ0) is 36.1. The number of phosphoric acid groups is 1. The molecule has 0 saturated heterocycles. The van der Waals surface area contributed by atoms with Crippen LogP contribution in [-0.2, 0) is 18.4 Å². The highest BCUT2D eigenvalue weighted by atomic mass is 31.2. The number of carbonyl (C=O) groups excluding carboxylic acids is 1. The second-order valence-electron chi connectivity index (χ2n) is 14.2. The number of carbonyl (C=O) groups is 1. The molecule has 0 aliphatic heterocycles. The van der Waals surface area contributed by atoms with Crippen molar-refractivity contribution in [2.45, 2.75) is 219 Å². The molecule has 0 radical (unpaired) electrons. The third-order valence-corrected chi connectivity index (χ3v) is 10.3. The van der Waals surface area contributed by atoms with Gasteiger partial charge in [0.15, 0.2) is 0 Å². The first-order valence-electron chi connectivity index (χ1n) is 20.8. The molecule has 49 heavy (non-hydrogen) atoms. The fraction of sp³-hybridized carbons (Fsp3) is 0.925. The first-order valence-corrected chi connectivity index (χ1v) is 22.3. The van der Waals surface area contributed by atoms with Crippen molar-refractivity contribution in [2.24, 2.45) is 5.73 Å². The number of rotatable bonds is 39. The molecule has 8 nitrogen and oxygen atoms in total. The van der Waals surface area contributed by atoms with Crippen molar-refractivity contribution in [1.82, 2.24) is 5.32 Å². The van der Waals surface area contributed by atoms with Crippen LogP contribution in [0.15, 0.2) is 12.2 Å². The van der Waals surface area contributed by atoms with Crippen molar-refractivity contribution in [3.63, 3.8) is 0 Å². The number of nitrogens with one attached hydrogen (secondary N) is 1. The lowest BCUT2D eigenvalue weighted by Crippen LogP contribution is -2.45. The number of aliphatic hydroxyl groups is 1. The molecular formula is C40H81N2O6P. The summed E-state index contributed by atoms with van der Waals surface area (Å²) in [4.78, 5) is 22.5. The Bertz CT molecular complexity index is 784. The van der Waals surface area contributed by atoms with Gasteiger partial charge in [-0.25, -0.2) is 4.57 Å². The van der Waals surface area contributed by atoms with Gasteiger partial charge in [-0.1, -0.05) is 193 Å². The van der Waals surface area contributed by atoms with Gasteiger partial charge in [-0.05, 0) is 19.3 Å². The number of phosphoric ester groups is 1. The van der Waals surface area contributed by atoms with Crippen LogP contribution < -0.4 is 11.1 Å². The summed E-state index contributed by atoms with van der Waals surface area (Å²) in [5.41, 5.74) is 5.34. The summed E-state index contributed by atoms with van der Waals surface area (Å²) >= 11 is 0. The molecule has 0 aliphatic carbocycles. The van der Waals surface area contributed by atoms with Crippen LogP contribution in [0.1, 0.15) is 206 Å². The third kappa shape index (κ3) is 35.4. The molecule has 0 aliphatic rings. The van der Waals surface area contributed by atoms with Gasteiger partial charge < -0.3 is 21.1 Å². The van der Waals surface area contributed by atoms with Gasteiger partial charge in [0.2, 0.25) is 5.91 Å². The maximum atomic E-state index is 12.7. The summed E-state index contributed by atoms with van der Waals surface area (Å²) in [5.74, 6) is -0.195. The predicted molar refractivity (Wildman–Crippen MR) is 208 cm³/mol. The second kappa shape index (κ2) is 37.0. The Labute approximate surface area is 303 Å². The molecule has 0 rings (SSSR count). The minimum absolute atomic E-state index is 0.0806. The van der Waals surface area contributed by atoms with E-state index < -0.39 is 20.0 Å². The summed E-state index contributed by atoms with van der Waals surface area (Å²) in [6.07, 6.45) is 40.1. The Kier molecular flexibility index (Phi) is 36.4. The van der Waals surface area contributed by atoms with Crippen LogP contribution >= 0.6 is 7.82 Å². The molecule has 0 bridgehead atoms. The highest BCUT2D eigenvalue weighted by molar-refractivity contribution is 7.47. The van der Waals surface area contributed by atoms with Crippen LogP contribution in [0.2, 0.25) is 0 Å². The average molecular weight is 717 g/mol. The number of hydrogen-bond acceptors (Lipinski definition) is 6. The van der Waals surface area contributed by atoms with Crippen molar-refractivity contribution >= 4 is 13.7 Å². The zero-order valence-corrected chi connectivity index (χ0v) is 33.1. The third-order valence-electron chi connectivity index (χ3n) is 9.36. The Hall–Kier alpha value is -0.760. The van der Waals surface area contributed by atoms with E-state index in [1.807, 2.05) is 6.08 Å². The fourth-order valence-electron chi connectivity index (χ4n) is 6.19. The van der Waals surface area contributed by atoms with Crippen LogP contribution in [0.3, 0.4) is 0 Å². The van der Waals surface area contributed by atoms with Crippen molar-refractivity contribution in [3.8, 4) is 0 Å². The van der Waals surface area contributed by atoms with Crippen LogP contribution in [0.4, 0.5) is 0 Å². The summed E-state index contributed by atoms with van der Waals surface area (Å²) < 4.78 is 22.0. The SMILES string of the molecule is CCCCCCC/C=C/C(O)C(COP(=O)(O)OCCN)NC(=O)CCCCCCCCCCCCCCCCCCCCCCCCC. The first kappa shape index (κ1) is 48.2. The number of unbranched alkanes of at least 4 members (excludes halogenated alkanes) is 27. The fourth-order valence-corrected chi connectivity index (χ4v) is 6.95. The predicted octanol–water partition coefficient (Wildman–Crippen LogP) is 11.2. The van der Waals surface area contributed by atoms with Crippen LogP contribution in [0, 0.1) is 0 Å². The van der Waals surface area contributed by atoms with Crippen LogP contribution in [0.25, 0.3) is 0 Å². The Morgan fingerprint density at radius 3 is 1.45 bits per heavy atom. The number of allylic oxidation sites excluding steroid dienone is 1. The van der Waals surface area contributed by atoms with E-state index in [2.05, 4.69) is 19.2 Å². The topological polar surface area (TPSA) is 131 Å². The second-order valence-corrected chi connectivity index (χ2v) is 15.7. The molecule has 5 N–H and O–H groups in total. The van der Waals surface area contributed by atoms with Gasteiger partial charge in [-0.15, -0.1) is 0 Å². The zero-order valence-electron chi connectivity index (χ0n) is 32.2. The molecule has 9 heteroatoms. The molecule has 1 amide bonds. The molecule has 0 spiro atoms. The first-order chi connectivity index (χ1) is 23.9. The molecule has 0 fully saturated rings. The van der Waals surface area contributed by atoms with Gasteiger partial charge in [0.25, 0.3) is 0 Å². The lowest BCUT2D eigenvalue weighted by Gasteiger charge is -2.23. The Morgan fingerprint density at radius 1 is 0.653 bits per heavy atom. The summed E-state index contributed by atoms with van der Waals surface area (Å²) in [7, 11) is -4.32. The van der Waals surface area contributed by atoms with Crippen molar-refractivity contribution in [1.29, 1.82) is 0 Å². The van der Waals surface area contributed by atoms with Gasteiger partial charge in [0, 0.05) is 13.0 Å². The molecule has 3 atom stereocenters. The normalized spacial score (nSPS) is 14.3. The molecule has 0 aromatic heterocycles. The van der Waals surface area contributed by atoms with Gasteiger partial charge in [-0.2, -0.15) is 0 Å². The average Bonchev–Trinajstić information content (AvgIpc) is 3.09. The Morgan fingerprint density at radius 2 is 1.04 bits per heavy atom. The van der Waals surface area contributed by atoms with E-state index in [0.29, 0.717) is 6.42 Å². The molecule has 0 saturated carbocycles. The van der Waals surface area contributed by atoms with Crippen molar-refractivity contribution in [2.75, 3.05) is 19.8 Å². The highest BCUT2D eigenvalue weighted by Gasteiger charge is 2.26. The summed E-state index contributed by atoms with van der Waals surface area (Å²) in [6.45, 7) is 4.09. The van der Waals surface area contributed by atoms with E-state index in [-0.39, 0.29) is 25.7 Å². The minimum atomic E-state index is -4.32. The van der Waals surface area contributed by atoms with E-state index >= 15 is 0 Å². The molecule has 0 aromatic carbocycles. The van der Waals surface area contributed by atoms with Crippen molar-refractivity contribution in [3.05, 3.63) is 12.2 Å². The maximum Gasteiger partial charge on any atom is 0.472 e. The van der Waals surface area contributed by atoms with E-state index in [1.165, 1.54) is 148 Å². The minimum Gasteiger partial charge on any atom is -0.387 e. The van der Waals surface area contributed by atoms with Crippen molar-refractivity contribution < 1.29 is 28.4 Å². The number of nitrogens with two attached hydrogens (primary N) is 1. The Balaban J connectivity index is 3.93. The lowest BCUT2D eigenvalue weighted by atomic mass is 10.0. The van der Waals surface area contributed by atoms with Gasteiger partial charge in [0.1, 0.15) is 0 Å². The number of hydrogen-bond donors (Lipinski definition) is 4. The molecule has 0 aromatic rings. The highest BCUT2D eigenvalue weighted by Crippen LogP contribution is 2.43. The van der Waals surface area contributed by atoms with Gasteiger partial charge in [-0.3, -0.25) is 13.8 Å². The van der Waals surface area contributed by atoms with Crippen LogP contribution in [0.5, 0.6) is 0 Å². The summed E-state index contributed by atoms with van der Waals surface area (Å²) in [6, 6.07) is -0.852. The maximum absolute atomic E-state index is 12.7.